The van der Waals surface area contributed by atoms with Gasteiger partial charge in [-0.1, -0.05) is 35.9 Å². The first-order valence-corrected chi connectivity index (χ1v) is 11.9. The third kappa shape index (κ3) is 4.12. The fraction of sp³-hybridized carbons (Fsp3) is 0.308. The van der Waals surface area contributed by atoms with Crippen molar-refractivity contribution in [1.82, 2.24) is 20.0 Å². The van der Waals surface area contributed by atoms with Gasteiger partial charge in [-0.3, -0.25) is 4.79 Å². The maximum Gasteiger partial charge on any atom is 0.229 e. The summed E-state index contributed by atoms with van der Waals surface area (Å²) in [5.41, 5.74) is 5.43. The van der Waals surface area contributed by atoms with Gasteiger partial charge < -0.3 is 10.2 Å². The van der Waals surface area contributed by atoms with Crippen molar-refractivity contribution < 1.29 is 4.79 Å². The first-order chi connectivity index (χ1) is 16.4. The van der Waals surface area contributed by atoms with Gasteiger partial charge in [0.25, 0.3) is 0 Å². The minimum atomic E-state index is -0.164. The highest BCUT2D eigenvalue weighted by molar-refractivity contribution is 6.31. The van der Waals surface area contributed by atoms with Crippen molar-refractivity contribution in [3.63, 3.8) is 0 Å². The molecule has 4 aromatic rings. The van der Waals surface area contributed by atoms with Crippen molar-refractivity contribution in [3.8, 4) is 5.69 Å². The lowest BCUT2D eigenvalue weighted by Gasteiger charge is -2.32. The van der Waals surface area contributed by atoms with Crippen LogP contribution < -0.4 is 10.2 Å². The highest BCUT2D eigenvalue weighted by Gasteiger charge is 2.29. The van der Waals surface area contributed by atoms with Gasteiger partial charge in [-0.15, -0.1) is 5.10 Å². The normalized spacial score (nSPS) is 16.1. The summed E-state index contributed by atoms with van der Waals surface area (Å²) >= 11 is 6.13. The van der Waals surface area contributed by atoms with Gasteiger partial charge in [-0.25, -0.2) is 4.68 Å². The van der Waals surface area contributed by atoms with Gasteiger partial charge in [0.2, 0.25) is 5.91 Å². The summed E-state index contributed by atoms with van der Waals surface area (Å²) in [7, 11) is 0. The average molecular weight is 475 g/mol. The van der Waals surface area contributed by atoms with Crippen LogP contribution in [0.3, 0.4) is 0 Å². The summed E-state index contributed by atoms with van der Waals surface area (Å²) in [5.74, 6) is 0.565. The zero-order valence-electron chi connectivity index (χ0n) is 19.5. The number of hydrogen-bond acceptors (Lipinski definition) is 5. The molecular weight excluding hydrogens is 448 g/mol. The molecule has 1 fully saturated rings. The lowest BCUT2D eigenvalue weighted by Crippen LogP contribution is -2.41. The number of carbonyl (C=O) groups is 1. The number of piperidine rings is 1. The number of benzene rings is 2. The number of para-hydroxylation sites is 1. The fourth-order valence-electron chi connectivity index (χ4n) is 4.69. The molecule has 0 bridgehead atoms. The van der Waals surface area contributed by atoms with Crippen LogP contribution in [-0.4, -0.2) is 39.0 Å². The minimum absolute atomic E-state index is 0.00243. The summed E-state index contributed by atoms with van der Waals surface area (Å²) < 4.78 is 1.95. The molecule has 0 radical (unpaired) electrons. The van der Waals surface area contributed by atoms with E-state index in [0.717, 1.165) is 64.4 Å². The highest BCUT2D eigenvalue weighted by atomic mass is 35.5. The Balaban J connectivity index is 1.45. The van der Waals surface area contributed by atoms with Gasteiger partial charge in [0.05, 0.1) is 28.4 Å². The lowest BCUT2D eigenvalue weighted by molar-refractivity contribution is -0.120. The van der Waals surface area contributed by atoms with Gasteiger partial charge in [-0.2, -0.15) is 10.2 Å². The molecule has 1 aliphatic rings. The van der Waals surface area contributed by atoms with Crippen molar-refractivity contribution in [2.75, 3.05) is 23.3 Å². The van der Waals surface area contributed by atoms with E-state index in [-0.39, 0.29) is 11.8 Å². The van der Waals surface area contributed by atoms with E-state index in [1.807, 2.05) is 61.0 Å². The van der Waals surface area contributed by atoms with Crippen LogP contribution in [0.1, 0.15) is 29.8 Å². The second-order valence-electron chi connectivity index (χ2n) is 8.90. The Labute approximate surface area is 203 Å². The number of hydrogen-bond donors (Lipinski definition) is 1. The number of amides is 1. The van der Waals surface area contributed by atoms with Crippen molar-refractivity contribution in [3.05, 3.63) is 70.5 Å². The van der Waals surface area contributed by atoms with E-state index in [4.69, 9.17) is 16.7 Å². The average Bonchev–Trinajstić information content (AvgIpc) is 3.20. The third-order valence-corrected chi connectivity index (χ3v) is 6.77. The molecule has 8 heteroatoms. The number of carbonyl (C=O) groups excluding carboxylic acids is 1. The maximum atomic E-state index is 13.1. The summed E-state index contributed by atoms with van der Waals surface area (Å²) in [4.78, 5) is 15.3. The number of halogens is 1. The number of nitrogens with zero attached hydrogens (tertiary/aromatic N) is 5. The smallest absolute Gasteiger partial charge is 0.229 e. The number of fused-ring (bicyclic) bond motifs is 1. The van der Waals surface area contributed by atoms with Crippen LogP contribution in [0.15, 0.2) is 48.5 Å². The van der Waals surface area contributed by atoms with Crippen molar-refractivity contribution in [2.24, 2.45) is 5.92 Å². The maximum absolute atomic E-state index is 13.1. The van der Waals surface area contributed by atoms with Crippen LogP contribution in [-0.2, 0) is 4.79 Å². The predicted molar refractivity (Wildman–Crippen MR) is 136 cm³/mol. The number of aryl methyl sites for hydroxylation is 3. The van der Waals surface area contributed by atoms with Gasteiger partial charge in [0.1, 0.15) is 5.52 Å². The Morgan fingerprint density at radius 3 is 2.68 bits per heavy atom. The predicted octanol–water partition coefficient (Wildman–Crippen LogP) is 5.25. The Morgan fingerprint density at radius 1 is 1.09 bits per heavy atom. The molecule has 1 amide bonds. The van der Waals surface area contributed by atoms with E-state index in [2.05, 4.69) is 27.3 Å². The van der Waals surface area contributed by atoms with E-state index in [9.17, 15) is 4.79 Å². The van der Waals surface area contributed by atoms with Crippen LogP contribution in [0.4, 0.5) is 11.5 Å². The number of anilines is 2. The molecule has 1 saturated heterocycles. The summed E-state index contributed by atoms with van der Waals surface area (Å²) in [5, 5.41) is 18.6. The zero-order chi connectivity index (χ0) is 23.8. The first-order valence-electron chi connectivity index (χ1n) is 11.5. The molecule has 2 aromatic carbocycles. The molecular formula is C26H27ClN6O. The zero-order valence-corrected chi connectivity index (χ0v) is 20.3. The molecule has 0 saturated carbocycles. The molecule has 2 aromatic heterocycles. The SMILES string of the molecule is Cc1ccc(Cl)cc1NC(=O)[C@H]1CCCN(c2nnc(C)c3c(C)n(-c4ccccc4)nc23)C1. The standard InChI is InChI=1S/C26H27ClN6O/c1-16-11-12-20(27)14-22(16)28-26(34)19-8-7-13-32(15-19)25-24-23(17(2)29-30-25)18(3)33(31-24)21-9-5-4-6-10-21/h4-6,9-12,14,19H,7-8,13,15H2,1-3H3,(H,28,34)/t19-/m0/s1. The molecule has 0 unspecified atom stereocenters. The van der Waals surface area contributed by atoms with Crippen LogP contribution in [0.2, 0.25) is 5.02 Å². The van der Waals surface area contributed by atoms with Crippen LogP contribution in [0, 0.1) is 26.7 Å². The molecule has 1 N–H and O–H groups in total. The molecule has 1 aliphatic heterocycles. The molecule has 1 atom stereocenters. The van der Waals surface area contributed by atoms with Crippen molar-refractivity contribution in [2.45, 2.75) is 33.6 Å². The van der Waals surface area contributed by atoms with Gasteiger partial charge in [0.15, 0.2) is 5.82 Å². The van der Waals surface area contributed by atoms with E-state index in [1.165, 1.54) is 0 Å². The van der Waals surface area contributed by atoms with Crippen LogP contribution in [0.5, 0.6) is 0 Å². The summed E-state index contributed by atoms with van der Waals surface area (Å²) in [6.45, 7) is 7.35. The van der Waals surface area contributed by atoms with Crippen molar-refractivity contribution in [1.29, 1.82) is 0 Å². The Kier molecular flexibility index (Phi) is 5.96. The van der Waals surface area contributed by atoms with Crippen LogP contribution >= 0.6 is 11.6 Å². The molecule has 34 heavy (non-hydrogen) atoms. The quantitative estimate of drug-likeness (QED) is 0.437. The monoisotopic (exact) mass is 474 g/mol. The van der Waals surface area contributed by atoms with E-state index in [1.54, 1.807) is 6.07 Å². The topological polar surface area (TPSA) is 75.9 Å². The van der Waals surface area contributed by atoms with E-state index in [0.29, 0.717) is 11.6 Å². The summed E-state index contributed by atoms with van der Waals surface area (Å²) in [6, 6.07) is 15.6. The molecule has 174 valence electrons. The van der Waals surface area contributed by atoms with Gasteiger partial charge in [-0.05, 0) is 63.4 Å². The molecule has 3 heterocycles. The second-order valence-corrected chi connectivity index (χ2v) is 9.34. The number of aromatic nitrogens is 4. The van der Waals surface area contributed by atoms with Gasteiger partial charge in [0, 0.05) is 23.8 Å². The molecule has 7 nitrogen and oxygen atoms in total. The molecule has 0 aliphatic carbocycles. The Bertz CT molecular complexity index is 1370. The highest BCUT2D eigenvalue weighted by Crippen LogP contribution is 2.32. The number of rotatable bonds is 4. The van der Waals surface area contributed by atoms with E-state index >= 15 is 0 Å². The fourth-order valence-corrected chi connectivity index (χ4v) is 4.86. The number of nitrogens with one attached hydrogen (secondary N) is 1. The minimum Gasteiger partial charge on any atom is -0.352 e. The van der Waals surface area contributed by atoms with E-state index < -0.39 is 0 Å². The molecule has 0 spiro atoms. The second kappa shape index (κ2) is 9.06. The third-order valence-electron chi connectivity index (χ3n) is 6.53. The molecule has 5 rings (SSSR count). The first kappa shape index (κ1) is 22.3. The Morgan fingerprint density at radius 2 is 1.88 bits per heavy atom. The van der Waals surface area contributed by atoms with Crippen LogP contribution in [0.25, 0.3) is 16.6 Å². The largest absolute Gasteiger partial charge is 0.352 e. The Hall–Kier alpha value is -3.45. The summed E-state index contributed by atoms with van der Waals surface area (Å²) in [6.07, 6.45) is 1.71. The van der Waals surface area contributed by atoms with Gasteiger partial charge >= 0.3 is 0 Å². The van der Waals surface area contributed by atoms with Crippen molar-refractivity contribution >= 4 is 39.9 Å². The lowest BCUT2D eigenvalue weighted by atomic mass is 9.96.